The molecule has 1 heterocycles. The van der Waals surface area contributed by atoms with Gasteiger partial charge < -0.3 is 10.6 Å². The number of nitrogen functional groups attached to an aromatic ring is 1. The zero-order chi connectivity index (χ0) is 12.3. The van der Waals surface area contributed by atoms with Crippen LogP contribution in [0.1, 0.15) is 23.2 Å². The molecular formula is C14H16N2O. The van der Waals surface area contributed by atoms with Gasteiger partial charge in [0.1, 0.15) is 0 Å². The Labute approximate surface area is 102 Å². The third-order valence-electron chi connectivity index (χ3n) is 3.14. The number of nitrogens with two attached hydrogens (primary N) is 1. The first-order chi connectivity index (χ1) is 8.22. The molecule has 17 heavy (non-hydrogen) atoms. The number of carbonyl (C=O) groups excluding carboxylic acids is 1. The smallest absolute Gasteiger partial charge is 0.255 e. The normalized spacial score (nSPS) is 19.7. The molecule has 0 aliphatic carbocycles. The first-order valence-corrected chi connectivity index (χ1v) is 5.82. The fraction of sp³-hybridized carbons (Fsp3) is 0.357. The molecule has 88 valence electrons. The molecule has 1 aromatic carbocycles. The number of terminal acetylenes is 1. The van der Waals surface area contributed by atoms with Crippen LogP contribution in [0.2, 0.25) is 0 Å². The van der Waals surface area contributed by atoms with Gasteiger partial charge in [-0.15, -0.1) is 12.3 Å². The molecule has 0 spiro atoms. The molecule has 0 unspecified atom stereocenters. The van der Waals surface area contributed by atoms with E-state index in [-0.39, 0.29) is 11.8 Å². The van der Waals surface area contributed by atoms with Gasteiger partial charge in [0.15, 0.2) is 0 Å². The Kier molecular flexibility index (Phi) is 3.34. The minimum Gasteiger partial charge on any atom is -0.398 e. The van der Waals surface area contributed by atoms with Crippen LogP contribution in [0.15, 0.2) is 24.3 Å². The number of hydrogen-bond donors (Lipinski definition) is 1. The van der Waals surface area contributed by atoms with Gasteiger partial charge in [-0.3, -0.25) is 4.79 Å². The number of hydrogen-bond acceptors (Lipinski definition) is 2. The first-order valence-electron chi connectivity index (χ1n) is 5.82. The highest BCUT2D eigenvalue weighted by Gasteiger charge is 2.24. The predicted molar refractivity (Wildman–Crippen MR) is 68.3 cm³/mol. The molecule has 1 aliphatic rings. The quantitative estimate of drug-likeness (QED) is 0.588. The van der Waals surface area contributed by atoms with Crippen LogP contribution in [0.3, 0.4) is 0 Å². The van der Waals surface area contributed by atoms with Gasteiger partial charge in [-0.2, -0.15) is 0 Å². The lowest BCUT2D eigenvalue weighted by Crippen LogP contribution is -2.39. The zero-order valence-electron chi connectivity index (χ0n) is 9.73. The van der Waals surface area contributed by atoms with E-state index in [0.29, 0.717) is 17.8 Å². The number of likely N-dealkylation sites (tertiary alicyclic amines) is 1. The minimum absolute atomic E-state index is 0.0111. The van der Waals surface area contributed by atoms with Crippen LogP contribution < -0.4 is 5.73 Å². The predicted octanol–water partition coefficient (Wildman–Crippen LogP) is 1.75. The largest absolute Gasteiger partial charge is 0.398 e. The standard InChI is InChI=1S/C14H16N2O/c1-2-11-6-5-9-16(10-11)14(17)12-7-3-4-8-13(12)15/h1,3-4,7-8,11H,5-6,9-10,15H2/t11-/m1/s1. The van der Waals surface area contributed by atoms with Crippen molar-refractivity contribution < 1.29 is 4.79 Å². The summed E-state index contributed by atoms with van der Waals surface area (Å²) in [7, 11) is 0. The van der Waals surface area contributed by atoms with Gasteiger partial charge >= 0.3 is 0 Å². The van der Waals surface area contributed by atoms with Gasteiger partial charge in [-0.1, -0.05) is 12.1 Å². The minimum atomic E-state index is -0.0111. The summed E-state index contributed by atoms with van der Waals surface area (Å²) in [6, 6.07) is 7.16. The van der Waals surface area contributed by atoms with E-state index in [2.05, 4.69) is 5.92 Å². The Balaban J connectivity index is 2.16. The third-order valence-corrected chi connectivity index (χ3v) is 3.14. The van der Waals surface area contributed by atoms with E-state index in [1.165, 1.54) is 0 Å². The Morgan fingerprint density at radius 1 is 1.47 bits per heavy atom. The molecule has 1 aromatic rings. The number of nitrogens with zero attached hydrogens (tertiary/aromatic N) is 1. The Bertz CT molecular complexity index is 462. The van der Waals surface area contributed by atoms with Crippen molar-refractivity contribution in [1.82, 2.24) is 4.90 Å². The van der Waals surface area contributed by atoms with Crippen LogP contribution in [0.5, 0.6) is 0 Å². The van der Waals surface area contributed by atoms with Crippen LogP contribution in [0, 0.1) is 18.3 Å². The molecule has 1 amide bonds. The van der Waals surface area contributed by atoms with E-state index < -0.39 is 0 Å². The summed E-state index contributed by atoms with van der Waals surface area (Å²) in [4.78, 5) is 14.1. The SMILES string of the molecule is C#C[C@@H]1CCCN(C(=O)c2ccccc2N)C1. The van der Waals surface area contributed by atoms with E-state index >= 15 is 0 Å². The molecular weight excluding hydrogens is 212 g/mol. The Hall–Kier alpha value is -1.95. The second-order valence-electron chi connectivity index (χ2n) is 4.34. The molecule has 3 heteroatoms. The number of amides is 1. The molecule has 2 rings (SSSR count). The van der Waals surface area contributed by atoms with E-state index in [0.717, 1.165) is 19.4 Å². The van der Waals surface area contributed by atoms with Crippen molar-refractivity contribution in [3.05, 3.63) is 29.8 Å². The second-order valence-corrected chi connectivity index (χ2v) is 4.34. The number of para-hydroxylation sites is 1. The van der Waals surface area contributed by atoms with E-state index in [9.17, 15) is 4.79 Å². The molecule has 0 bridgehead atoms. The molecule has 0 saturated carbocycles. The lowest BCUT2D eigenvalue weighted by atomic mass is 9.98. The number of benzene rings is 1. The zero-order valence-corrected chi connectivity index (χ0v) is 9.73. The first kappa shape index (κ1) is 11.5. The molecule has 3 nitrogen and oxygen atoms in total. The molecule has 1 atom stereocenters. The van der Waals surface area contributed by atoms with Crippen LogP contribution in [-0.4, -0.2) is 23.9 Å². The topological polar surface area (TPSA) is 46.3 Å². The maximum absolute atomic E-state index is 12.3. The summed E-state index contributed by atoms with van der Waals surface area (Å²) >= 11 is 0. The fourth-order valence-corrected chi connectivity index (χ4v) is 2.16. The van der Waals surface area contributed by atoms with Crippen molar-refractivity contribution in [2.45, 2.75) is 12.8 Å². The van der Waals surface area contributed by atoms with Crippen molar-refractivity contribution in [3.8, 4) is 12.3 Å². The summed E-state index contributed by atoms with van der Waals surface area (Å²) in [5, 5.41) is 0. The van der Waals surface area contributed by atoms with Crippen molar-refractivity contribution >= 4 is 11.6 Å². The molecule has 2 N–H and O–H groups in total. The number of anilines is 1. The van der Waals surface area contributed by atoms with Gasteiger partial charge in [-0.05, 0) is 25.0 Å². The molecule has 1 aliphatic heterocycles. The van der Waals surface area contributed by atoms with Crippen LogP contribution in [0.4, 0.5) is 5.69 Å². The fourth-order valence-electron chi connectivity index (χ4n) is 2.16. The average molecular weight is 228 g/mol. The van der Waals surface area contributed by atoms with E-state index in [1.807, 2.05) is 12.1 Å². The van der Waals surface area contributed by atoms with E-state index in [1.54, 1.807) is 17.0 Å². The van der Waals surface area contributed by atoms with Crippen molar-refractivity contribution in [3.63, 3.8) is 0 Å². The molecule has 1 fully saturated rings. The second kappa shape index (κ2) is 4.92. The van der Waals surface area contributed by atoms with Gasteiger partial charge in [0.25, 0.3) is 5.91 Å². The lowest BCUT2D eigenvalue weighted by Gasteiger charge is -2.30. The number of piperidine rings is 1. The highest BCUT2D eigenvalue weighted by Crippen LogP contribution is 2.20. The average Bonchev–Trinajstić information content (AvgIpc) is 2.38. The van der Waals surface area contributed by atoms with Crippen LogP contribution in [0.25, 0.3) is 0 Å². The van der Waals surface area contributed by atoms with Gasteiger partial charge in [0, 0.05) is 24.7 Å². The highest BCUT2D eigenvalue weighted by atomic mass is 16.2. The summed E-state index contributed by atoms with van der Waals surface area (Å²) in [5.74, 6) is 2.90. The summed E-state index contributed by atoms with van der Waals surface area (Å²) in [5.41, 5.74) is 6.91. The van der Waals surface area contributed by atoms with Crippen molar-refractivity contribution in [1.29, 1.82) is 0 Å². The summed E-state index contributed by atoms with van der Waals surface area (Å²) < 4.78 is 0. The molecule has 1 saturated heterocycles. The highest BCUT2D eigenvalue weighted by molar-refractivity contribution is 5.99. The Morgan fingerprint density at radius 3 is 2.94 bits per heavy atom. The van der Waals surface area contributed by atoms with Crippen LogP contribution in [-0.2, 0) is 0 Å². The van der Waals surface area contributed by atoms with Gasteiger partial charge in [-0.25, -0.2) is 0 Å². The monoisotopic (exact) mass is 228 g/mol. The number of carbonyl (C=O) groups is 1. The molecule has 0 radical (unpaired) electrons. The maximum Gasteiger partial charge on any atom is 0.255 e. The van der Waals surface area contributed by atoms with Gasteiger partial charge in [0.05, 0.1) is 5.56 Å². The maximum atomic E-state index is 12.3. The van der Waals surface area contributed by atoms with E-state index in [4.69, 9.17) is 12.2 Å². The van der Waals surface area contributed by atoms with Crippen molar-refractivity contribution in [2.75, 3.05) is 18.8 Å². The lowest BCUT2D eigenvalue weighted by molar-refractivity contribution is 0.0700. The van der Waals surface area contributed by atoms with Crippen molar-refractivity contribution in [2.24, 2.45) is 5.92 Å². The van der Waals surface area contributed by atoms with Gasteiger partial charge in [0.2, 0.25) is 0 Å². The summed E-state index contributed by atoms with van der Waals surface area (Å²) in [6.07, 6.45) is 7.39. The third kappa shape index (κ3) is 2.42. The molecule has 0 aromatic heterocycles. The Morgan fingerprint density at radius 2 is 2.24 bits per heavy atom. The number of rotatable bonds is 1. The van der Waals surface area contributed by atoms with Crippen LogP contribution >= 0.6 is 0 Å². The summed E-state index contributed by atoms with van der Waals surface area (Å²) in [6.45, 7) is 1.41.